The fourth-order valence-electron chi connectivity index (χ4n) is 4.48. The summed E-state index contributed by atoms with van der Waals surface area (Å²) in [5.74, 6) is -0.225. The lowest BCUT2D eigenvalue weighted by atomic mass is 9.96. The van der Waals surface area contributed by atoms with E-state index in [-0.39, 0.29) is 23.9 Å². The van der Waals surface area contributed by atoms with E-state index in [9.17, 15) is 18.0 Å². The summed E-state index contributed by atoms with van der Waals surface area (Å²) in [6.07, 6.45) is 1.73. The lowest BCUT2D eigenvalue weighted by molar-refractivity contribution is -0.137. The fourth-order valence-corrected chi connectivity index (χ4v) is 4.48. The maximum absolute atomic E-state index is 13.1. The van der Waals surface area contributed by atoms with Crippen molar-refractivity contribution in [3.63, 3.8) is 0 Å². The van der Waals surface area contributed by atoms with Crippen molar-refractivity contribution in [1.29, 1.82) is 0 Å². The zero-order valence-corrected chi connectivity index (χ0v) is 15.9. The maximum atomic E-state index is 13.1. The number of carbonyl (C=O) groups is 1. The summed E-state index contributed by atoms with van der Waals surface area (Å²) in [6.45, 7) is 3.20. The molecule has 4 rings (SSSR count). The Morgan fingerprint density at radius 3 is 2.54 bits per heavy atom. The average Bonchev–Trinajstić information content (AvgIpc) is 3.53. The summed E-state index contributed by atoms with van der Waals surface area (Å²) in [7, 11) is 0. The maximum Gasteiger partial charge on any atom is 0.416 e. The molecule has 0 aromatic heterocycles. The summed E-state index contributed by atoms with van der Waals surface area (Å²) in [5, 5.41) is 3.08. The number of piperidine rings is 1. The third kappa shape index (κ3) is 4.35. The molecule has 3 fully saturated rings. The number of halogens is 3. The Hall–Kier alpha value is -1.60. The lowest BCUT2D eigenvalue weighted by Gasteiger charge is -2.41. The van der Waals surface area contributed by atoms with Crippen LogP contribution in [0.15, 0.2) is 18.2 Å². The number of nitrogens with zero attached hydrogens (tertiary/aromatic N) is 1. The Kier molecular flexibility index (Phi) is 5.65. The summed E-state index contributed by atoms with van der Waals surface area (Å²) in [6, 6.07) is 3.61. The van der Waals surface area contributed by atoms with Gasteiger partial charge >= 0.3 is 6.18 Å². The highest BCUT2D eigenvalue weighted by molar-refractivity contribution is 5.96. The van der Waals surface area contributed by atoms with Gasteiger partial charge in [0.2, 0.25) is 0 Å². The normalized spacial score (nSPS) is 26.8. The van der Waals surface area contributed by atoms with Gasteiger partial charge in [-0.3, -0.25) is 9.69 Å². The predicted molar refractivity (Wildman–Crippen MR) is 99.3 cm³/mol. The van der Waals surface area contributed by atoms with Gasteiger partial charge in [0.25, 0.3) is 5.91 Å². The second-order valence-corrected chi connectivity index (χ2v) is 8.18. The van der Waals surface area contributed by atoms with Crippen molar-refractivity contribution in [3.8, 4) is 0 Å². The molecule has 0 radical (unpaired) electrons. The SMILES string of the molecule is O=C(N[C@@H]1COCC[C@H]1N1CCCCC1)c1ccc(C(F)(F)F)cc1C1CC1. The molecule has 2 atom stereocenters. The molecule has 1 aliphatic carbocycles. The van der Waals surface area contributed by atoms with E-state index >= 15 is 0 Å². The highest BCUT2D eigenvalue weighted by Gasteiger charge is 2.37. The van der Waals surface area contributed by atoms with E-state index in [2.05, 4.69) is 10.2 Å². The number of nitrogens with one attached hydrogen (secondary N) is 1. The smallest absolute Gasteiger partial charge is 0.379 e. The minimum atomic E-state index is -4.39. The number of rotatable bonds is 4. The zero-order valence-electron chi connectivity index (χ0n) is 15.9. The monoisotopic (exact) mass is 396 g/mol. The van der Waals surface area contributed by atoms with E-state index in [0.717, 1.165) is 44.5 Å². The van der Waals surface area contributed by atoms with Crippen molar-refractivity contribution in [2.45, 2.75) is 62.7 Å². The molecule has 2 aliphatic heterocycles. The van der Waals surface area contributed by atoms with Gasteiger partial charge in [-0.1, -0.05) is 6.42 Å². The molecule has 1 amide bonds. The van der Waals surface area contributed by atoms with Crippen LogP contribution in [0.4, 0.5) is 13.2 Å². The van der Waals surface area contributed by atoms with Crippen molar-refractivity contribution in [2.24, 2.45) is 0 Å². The van der Waals surface area contributed by atoms with E-state index < -0.39 is 11.7 Å². The van der Waals surface area contributed by atoms with Gasteiger partial charge in [0.1, 0.15) is 0 Å². The van der Waals surface area contributed by atoms with Gasteiger partial charge in [-0.15, -0.1) is 0 Å². The molecule has 3 aliphatic rings. The molecule has 2 heterocycles. The van der Waals surface area contributed by atoms with Crippen molar-refractivity contribution >= 4 is 5.91 Å². The van der Waals surface area contributed by atoms with Crippen molar-refractivity contribution in [3.05, 3.63) is 34.9 Å². The van der Waals surface area contributed by atoms with E-state index in [1.807, 2.05) is 0 Å². The number of hydrogen-bond donors (Lipinski definition) is 1. The molecule has 0 spiro atoms. The zero-order chi connectivity index (χ0) is 19.7. The highest BCUT2D eigenvalue weighted by atomic mass is 19.4. The molecule has 7 heteroatoms. The van der Waals surface area contributed by atoms with Crippen LogP contribution in [0.2, 0.25) is 0 Å². The molecule has 0 bridgehead atoms. The number of carbonyl (C=O) groups excluding carboxylic acids is 1. The van der Waals surface area contributed by atoms with Gasteiger partial charge in [-0.2, -0.15) is 13.2 Å². The Labute approximate surface area is 163 Å². The summed E-state index contributed by atoms with van der Waals surface area (Å²) in [5.41, 5.74) is 0.218. The van der Waals surface area contributed by atoms with Gasteiger partial charge in [0, 0.05) is 18.2 Å². The van der Waals surface area contributed by atoms with Gasteiger partial charge < -0.3 is 10.1 Å². The van der Waals surface area contributed by atoms with Crippen LogP contribution in [0.3, 0.4) is 0 Å². The number of hydrogen-bond acceptors (Lipinski definition) is 3. The van der Waals surface area contributed by atoms with Crippen LogP contribution in [0.5, 0.6) is 0 Å². The first-order valence-corrected chi connectivity index (χ1v) is 10.3. The molecule has 4 nitrogen and oxygen atoms in total. The number of ether oxygens (including phenoxy) is 1. The molecule has 2 saturated heterocycles. The molecular formula is C21H27F3N2O2. The topological polar surface area (TPSA) is 41.6 Å². The predicted octanol–water partition coefficient (Wildman–Crippen LogP) is 3.96. The molecule has 1 N–H and O–H groups in total. The lowest BCUT2D eigenvalue weighted by Crippen LogP contribution is -2.57. The number of alkyl halides is 3. The first-order chi connectivity index (χ1) is 13.4. The summed E-state index contributed by atoms with van der Waals surface area (Å²) < 4.78 is 44.9. The van der Waals surface area contributed by atoms with E-state index in [0.29, 0.717) is 24.3 Å². The van der Waals surface area contributed by atoms with Crippen LogP contribution in [-0.4, -0.2) is 49.2 Å². The Bertz CT molecular complexity index is 712. The number of likely N-dealkylation sites (tertiary alicyclic amines) is 1. The second kappa shape index (κ2) is 8.03. The summed E-state index contributed by atoms with van der Waals surface area (Å²) in [4.78, 5) is 15.4. The Morgan fingerprint density at radius 1 is 1.11 bits per heavy atom. The highest BCUT2D eigenvalue weighted by Crippen LogP contribution is 2.43. The number of benzene rings is 1. The molecular weight excluding hydrogens is 369 g/mol. The first kappa shape index (κ1) is 19.7. The Balaban J connectivity index is 1.52. The quantitative estimate of drug-likeness (QED) is 0.838. The van der Waals surface area contributed by atoms with Gasteiger partial charge in [-0.05, 0) is 74.9 Å². The average molecular weight is 396 g/mol. The standard InChI is InChI=1S/C21H27F3N2O2/c22-21(23,24)15-6-7-16(17(12-15)14-4-5-14)20(27)25-18-13-28-11-8-19(18)26-9-2-1-3-10-26/h6-7,12,14,18-19H,1-5,8-11,13H2,(H,25,27)/t18-,19-/m1/s1. The first-order valence-electron chi connectivity index (χ1n) is 10.3. The van der Waals surface area contributed by atoms with Crippen LogP contribution in [0.25, 0.3) is 0 Å². The largest absolute Gasteiger partial charge is 0.416 e. The molecule has 1 saturated carbocycles. The Morgan fingerprint density at radius 2 is 1.86 bits per heavy atom. The van der Waals surface area contributed by atoms with Gasteiger partial charge in [0.15, 0.2) is 0 Å². The van der Waals surface area contributed by atoms with E-state index in [1.165, 1.54) is 25.3 Å². The molecule has 0 unspecified atom stereocenters. The van der Waals surface area contributed by atoms with Crippen LogP contribution in [0, 0.1) is 0 Å². The van der Waals surface area contributed by atoms with Gasteiger partial charge in [-0.25, -0.2) is 0 Å². The third-order valence-corrected chi connectivity index (χ3v) is 6.14. The van der Waals surface area contributed by atoms with E-state index in [1.54, 1.807) is 0 Å². The van der Waals surface area contributed by atoms with Crippen LogP contribution < -0.4 is 5.32 Å². The number of amides is 1. The van der Waals surface area contributed by atoms with Crippen LogP contribution in [-0.2, 0) is 10.9 Å². The summed E-state index contributed by atoms with van der Waals surface area (Å²) >= 11 is 0. The minimum absolute atomic E-state index is 0.0588. The van der Waals surface area contributed by atoms with Crippen molar-refractivity contribution < 1.29 is 22.7 Å². The van der Waals surface area contributed by atoms with Crippen molar-refractivity contribution in [2.75, 3.05) is 26.3 Å². The van der Waals surface area contributed by atoms with Gasteiger partial charge in [0.05, 0.1) is 18.2 Å². The fraction of sp³-hybridized carbons (Fsp3) is 0.667. The third-order valence-electron chi connectivity index (χ3n) is 6.14. The molecule has 154 valence electrons. The van der Waals surface area contributed by atoms with Crippen molar-refractivity contribution in [1.82, 2.24) is 10.2 Å². The molecule has 28 heavy (non-hydrogen) atoms. The van der Waals surface area contributed by atoms with Crippen LogP contribution in [0.1, 0.15) is 65.9 Å². The minimum Gasteiger partial charge on any atom is -0.379 e. The molecule has 1 aromatic rings. The van der Waals surface area contributed by atoms with Crippen LogP contribution >= 0.6 is 0 Å². The van der Waals surface area contributed by atoms with E-state index in [4.69, 9.17) is 4.74 Å². The molecule has 1 aromatic carbocycles. The second-order valence-electron chi connectivity index (χ2n) is 8.18.